The van der Waals surface area contributed by atoms with E-state index in [9.17, 15) is 13.2 Å². The molecule has 1 aromatic carbocycles. The molecule has 1 saturated heterocycles. The van der Waals surface area contributed by atoms with Crippen molar-refractivity contribution in [3.05, 3.63) is 60.0 Å². The van der Waals surface area contributed by atoms with Gasteiger partial charge < -0.3 is 9.72 Å². The van der Waals surface area contributed by atoms with Crippen LogP contribution in [0.3, 0.4) is 0 Å². The van der Waals surface area contributed by atoms with Crippen molar-refractivity contribution in [1.82, 2.24) is 9.38 Å². The molecule has 7 nitrogen and oxygen atoms in total. The lowest BCUT2D eigenvalue weighted by Crippen LogP contribution is -2.37. The fourth-order valence-corrected chi connectivity index (χ4v) is 4.91. The van der Waals surface area contributed by atoms with E-state index < -0.39 is 10.0 Å². The standard InChI is InChI=1S/C19H20N4O3S/c1-14-6-5-9-22-13-17(21-18(14)22)19(24)20-15-7-4-8-16(12-15)23-10-2-3-11-27(23,25)26/h4-9,12-13H,2-3,10-11H2,1H3,(H,20,24). The summed E-state index contributed by atoms with van der Waals surface area (Å²) in [5, 5.41) is 2.81. The average molecular weight is 384 g/mol. The number of hydrogen-bond acceptors (Lipinski definition) is 4. The van der Waals surface area contributed by atoms with Crippen LogP contribution in [-0.4, -0.2) is 36.0 Å². The van der Waals surface area contributed by atoms with Crippen molar-refractivity contribution in [3.63, 3.8) is 0 Å². The number of sulfonamides is 1. The number of amides is 1. The molecule has 27 heavy (non-hydrogen) atoms. The van der Waals surface area contributed by atoms with Gasteiger partial charge in [-0.05, 0) is 49.6 Å². The van der Waals surface area contributed by atoms with Gasteiger partial charge in [0, 0.05) is 24.6 Å². The first-order chi connectivity index (χ1) is 12.9. The largest absolute Gasteiger partial charge is 0.321 e. The van der Waals surface area contributed by atoms with Gasteiger partial charge in [-0.15, -0.1) is 0 Å². The summed E-state index contributed by atoms with van der Waals surface area (Å²) in [7, 11) is -3.29. The molecule has 0 atom stereocenters. The Balaban J connectivity index is 1.59. The van der Waals surface area contributed by atoms with Crippen LogP contribution in [0.1, 0.15) is 28.9 Å². The number of anilines is 2. The number of nitrogens with zero attached hydrogens (tertiary/aromatic N) is 3. The maximum atomic E-state index is 12.6. The zero-order valence-electron chi connectivity index (χ0n) is 14.9. The highest BCUT2D eigenvalue weighted by Gasteiger charge is 2.26. The van der Waals surface area contributed by atoms with Crippen molar-refractivity contribution in [2.45, 2.75) is 19.8 Å². The summed E-state index contributed by atoms with van der Waals surface area (Å²) in [5.41, 5.74) is 3.12. The van der Waals surface area contributed by atoms with Gasteiger partial charge in [0.05, 0.1) is 11.4 Å². The number of fused-ring (bicyclic) bond motifs is 1. The monoisotopic (exact) mass is 384 g/mol. The number of hydrogen-bond donors (Lipinski definition) is 1. The van der Waals surface area contributed by atoms with E-state index in [1.54, 1.807) is 34.9 Å². The molecule has 1 amide bonds. The van der Waals surface area contributed by atoms with Crippen LogP contribution >= 0.6 is 0 Å². The number of rotatable bonds is 3. The topological polar surface area (TPSA) is 83.8 Å². The van der Waals surface area contributed by atoms with Crippen LogP contribution < -0.4 is 9.62 Å². The molecule has 4 rings (SSSR count). The minimum Gasteiger partial charge on any atom is -0.321 e. The van der Waals surface area contributed by atoms with Gasteiger partial charge in [-0.2, -0.15) is 0 Å². The van der Waals surface area contributed by atoms with Gasteiger partial charge in [-0.25, -0.2) is 13.4 Å². The van der Waals surface area contributed by atoms with Gasteiger partial charge in [0.25, 0.3) is 5.91 Å². The SMILES string of the molecule is Cc1cccn2cc(C(=O)Nc3cccc(N4CCCCS4(=O)=O)c3)nc12. The molecule has 0 aliphatic carbocycles. The van der Waals surface area contributed by atoms with Crippen molar-refractivity contribution >= 4 is 33.0 Å². The Hall–Kier alpha value is -2.87. The van der Waals surface area contributed by atoms with Crippen molar-refractivity contribution in [2.24, 2.45) is 0 Å². The minimum absolute atomic E-state index is 0.157. The Kier molecular flexibility index (Phi) is 4.35. The number of aromatic nitrogens is 2. The maximum Gasteiger partial charge on any atom is 0.275 e. The normalized spacial score (nSPS) is 16.4. The lowest BCUT2D eigenvalue weighted by Gasteiger charge is -2.28. The molecular formula is C19H20N4O3S. The van der Waals surface area contributed by atoms with Crippen LogP contribution in [-0.2, 0) is 10.0 Å². The first-order valence-corrected chi connectivity index (χ1v) is 10.4. The molecule has 3 heterocycles. The van der Waals surface area contributed by atoms with E-state index >= 15 is 0 Å². The zero-order chi connectivity index (χ0) is 19.0. The summed E-state index contributed by atoms with van der Waals surface area (Å²) in [6, 6.07) is 10.7. The molecule has 0 radical (unpaired) electrons. The molecular weight excluding hydrogens is 364 g/mol. The molecule has 0 unspecified atom stereocenters. The van der Waals surface area contributed by atoms with E-state index in [4.69, 9.17) is 0 Å². The lowest BCUT2D eigenvalue weighted by molar-refractivity contribution is 0.102. The Morgan fingerprint density at radius 2 is 2.04 bits per heavy atom. The number of carbonyl (C=O) groups excluding carboxylic acids is 1. The Bertz CT molecular complexity index is 1120. The first-order valence-electron chi connectivity index (χ1n) is 8.80. The number of aryl methyl sites for hydroxylation is 1. The van der Waals surface area contributed by atoms with Crippen LogP contribution in [0.4, 0.5) is 11.4 Å². The van der Waals surface area contributed by atoms with E-state index in [1.807, 2.05) is 25.3 Å². The van der Waals surface area contributed by atoms with E-state index in [1.165, 1.54) is 4.31 Å². The van der Waals surface area contributed by atoms with Crippen LogP contribution in [0.5, 0.6) is 0 Å². The van der Waals surface area contributed by atoms with Crippen LogP contribution in [0.25, 0.3) is 5.65 Å². The van der Waals surface area contributed by atoms with Crippen LogP contribution in [0, 0.1) is 6.92 Å². The second-order valence-electron chi connectivity index (χ2n) is 6.65. The highest BCUT2D eigenvalue weighted by molar-refractivity contribution is 7.92. The highest BCUT2D eigenvalue weighted by Crippen LogP contribution is 2.26. The number of pyridine rings is 1. The fraction of sp³-hybridized carbons (Fsp3) is 0.263. The van der Waals surface area contributed by atoms with Crippen LogP contribution in [0.2, 0.25) is 0 Å². The summed E-state index contributed by atoms with van der Waals surface area (Å²) in [5.74, 6) is -0.179. The van der Waals surface area contributed by atoms with Crippen molar-refractivity contribution in [1.29, 1.82) is 0 Å². The third kappa shape index (κ3) is 3.40. The molecule has 0 spiro atoms. The molecule has 1 N–H and O–H groups in total. The molecule has 2 aromatic heterocycles. The van der Waals surface area contributed by atoms with Gasteiger partial charge in [0.15, 0.2) is 0 Å². The van der Waals surface area contributed by atoms with Gasteiger partial charge in [0.1, 0.15) is 11.3 Å². The van der Waals surface area contributed by atoms with Crippen molar-refractivity contribution in [3.8, 4) is 0 Å². The summed E-state index contributed by atoms with van der Waals surface area (Å²) < 4.78 is 27.8. The quantitative estimate of drug-likeness (QED) is 0.753. The summed E-state index contributed by atoms with van der Waals surface area (Å²) in [4.78, 5) is 17.0. The van der Waals surface area contributed by atoms with Crippen molar-refractivity contribution in [2.75, 3.05) is 21.9 Å². The Morgan fingerprint density at radius 1 is 1.19 bits per heavy atom. The minimum atomic E-state index is -3.29. The van der Waals surface area contributed by atoms with Gasteiger partial charge in [-0.3, -0.25) is 9.10 Å². The van der Waals surface area contributed by atoms with E-state index in [0.717, 1.165) is 17.6 Å². The summed E-state index contributed by atoms with van der Waals surface area (Å²) >= 11 is 0. The second-order valence-corrected chi connectivity index (χ2v) is 8.66. The van der Waals surface area contributed by atoms with Gasteiger partial charge >= 0.3 is 0 Å². The molecule has 0 bridgehead atoms. The lowest BCUT2D eigenvalue weighted by atomic mass is 10.2. The van der Waals surface area contributed by atoms with E-state index in [2.05, 4.69) is 10.3 Å². The predicted molar refractivity (Wildman–Crippen MR) is 105 cm³/mol. The number of carbonyl (C=O) groups is 1. The van der Waals surface area contributed by atoms with Crippen LogP contribution in [0.15, 0.2) is 48.8 Å². The molecule has 1 aliphatic heterocycles. The molecule has 3 aromatic rings. The van der Waals surface area contributed by atoms with Gasteiger partial charge in [-0.1, -0.05) is 12.1 Å². The molecule has 1 aliphatic rings. The number of nitrogens with one attached hydrogen (secondary N) is 1. The third-order valence-corrected chi connectivity index (χ3v) is 6.52. The second kappa shape index (κ2) is 6.70. The molecule has 8 heteroatoms. The molecule has 140 valence electrons. The average Bonchev–Trinajstić information content (AvgIpc) is 3.07. The van der Waals surface area contributed by atoms with E-state index in [0.29, 0.717) is 30.0 Å². The zero-order valence-corrected chi connectivity index (χ0v) is 15.7. The molecule has 0 saturated carbocycles. The number of imidazole rings is 1. The fourth-order valence-electron chi connectivity index (χ4n) is 3.28. The Morgan fingerprint density at radius 3 is 2.81 bits per heavy atom. The molecule has 1 fully saturated rings. The van der Waals surface area contributed by atoms with E-state index in [-0.39, 0.29) is 11.7 Å². The smallest absolute Gasteiger partial charge is 0.275 e. The predicted octanol–water partition coefficient (Wildman–Crippen LogP) is 2.83. The highest BCUT2D eigenvalue weighted by atomic mass is 32.2. The number of benzene rings is 1. The first kappa shape index (κ1) is 17.5. The van der Waals surface area contributed by atoms with Gasteiger partial charge in [0.2, 0.25) is 10.0 Å². The summed E-state index contributed by atoms with van der Waals surface area (Å²) in [6.07, 6.45) is 5.03. The third-order valence-electron chi connectivity index (χ3n) is 4.65. The summed E-state index contributed by atoms with van der Waals surface area (Å²) in [6.45, 7) is 2.40. The maximum absolute atomic E-state index is 12.6. The van der Waals surface area contributed by atoms with Crippen molar-refractivity contribution < 1.29 is 13.2 Å². The Labute approximate surface area is 157 Å².